The third-order valence-electron chi connectivity index (χ3n) is 3.45. The number of hydrogen-bond acceptors (Lipinski definition) is 5. The summed E-state index contributed by atoms with van der Waals surface area (Å²) in [5.74, 6) is 0.552. The number of anilines is 1. The quantitative estimate of drug-likeness (QED) is 0.784. The Kier molecular flexibility index (Phi) is 4.35. The second-order valence-electron chi connectivity index (χ2n) is 5.15. The lowest BCUT2D eigenvalue weighted by atomic mass is 10.0. The van der Waals surface area contributed by atoms with Gasteiger partial charge in [-0.25, -0.2) is 14.8 Å². The second kappa shape index (κ2) is 5.99. The van der Waals surface area contributed by atoms with Gasteiger partial charge in [0, 0.05) is 13.1 Å². The van der Waals surface area contributed by atoms with Crippen molar-refractivity contribution in [2.75, 3.05) is 25.1 Å². The number of esters is 1. The molecule has 5 nitrogen and oxygen atoms in total. The molecule has 0 bridgehead atoms. The molecule has 5 heteroatoms. The summed E-state index contributed by atoms with van der Waals surface area (Å²) in [6.45, 7) is 5.93. The number of methoxy groups -OCH3 is 1. The zero-order valence-electron chi connectivity index (χ0n) is 11.8. The zero-order chi connectivity index (χ0) is 13.8. The van der Waals surface area contributed by atoms with Crippen molar-refractivity contribution >= 4 is 11.8 Å². The van der Waals surface area contributed by atoms with Crippen LogP contribution in [0.2, 0.25) is 0 Å². The SMILES string of the molecule is COC(=O)c1c(C(C)C)ncnc1N1CCCCC1. The summed E-state index contributed by atoms with van der Waals surface area (Å²) in [5.41, 5.74) is 1.30. The van der Waals surface area contributed by atoms with Crippen LogP contribution in [-0.4, -0.2) is 36.1 Å². The fourth-order valence-electron chi connectivity index (χ4n) is 2.47. The van der Waals surface area contributed by atoms with E-state index in [1.807, 2.05) is 13.8 Å². The van der Waals surface area contributed by atoms with E-state index < -0.39 is 0 Å². The summed E-state index contributed by atoms with van der Waals surface area (Å²) in [6, 6.07) is 0. The molecule has 0 amide bonds. The van der Waals surface area contributed by atoms with Gasteiger partial charge in [-0.05, 0) is 25.2 Å². The Hall–Kier alpha value is -1.65. The lowest BCUT2D eigenvalue weighted by molar-refractivity contribution is 0.0598. The van der Waals surface area contributed by atoms with E-state index in [1.165, 1.54) is 13.5 Å². The number of piperidine rings is 1. The highest BCUT2D eigenvalue weighted by molar-refractivity contribution is 5.96. The number of rotatable bonds is 3. The molecular weight excluding hydrogens is 242 g/mol. The Labute approximate surface area is 114 Å². The van der Waals surface area contributed by atoms with Crippen molar-refractivity contribution in [2.45, 2.75) is 39.0 Å². The van der Waals surface area contributed by atoms with Gasteiger partial charge < -0.3 is 9.64 Å². The Morgan fingerprint density at radius 2 is 1.95 bits per heavy atom. The molecule has 0 spiro atoms. The van der Waals surface area contributed by atoms with E-state index in [0.717, 1.165) is 37.4 Å². The molecule has 1 fully saturated rings. The minimum Gasteiger partial charge on any atom is -0.465 e. The number of aromatic nitrogens is 2. The molecule has 1 aliphatic heterocycles. The summed E-state index contributed by atoms with van der Waals surface area (Å²) >= 11 is 0. The first-order valence-corrected chi connectivity index (χ1v) is 6.83. The number of hydrogen-bond donors (Lipinski definition) is 0. The van der Waals surface area contributed by atoms with Crippen LogP contribution in [0.5, 0.6) is 0 Å². The van der Waals surface area contributed by atoms with Crippen molar-refractivity contribution in [3.8, 4) is 0 Å². The smallest absolute Gasteiger partial charge is 0.343 e. The number of carbonyl (C=O) groups excluding carboxylic acids is 1. The summed E-state index contributed by atoms with van der Waals surface area (Å²) in [7, 11) is 1.40. The molecule has 0 unspecified atom stereocenters. The third kappa shape index (κ3) is 2.85. The zero-order valence-corrected chi connectivity index (χ0v) is 11.8. The molecule has 0 saturated carbocycles. The van der Waals surface area contributed by atoms with E-state index in [1.54, 1.807) is 6.33 Å². The van der Waals surface area contributed by atoms with Gasteiger partial charge in [-0.2, -0.15) is 0 Å². The van der Waals surface area contributed by atoms with Gasteiger partial charge in [0.2, 0.25) is 0 Å². The highest BCUT2D eigenvalue weighted by Gasteiger charge is 2.25. The van der Waals surface area contributed by atoms with Crippen LogP contribution >= 0.6 is 0 Å². The van der Waals surface area contributed by atoms with Gasteiger partial charge in [-0.3, -0.25) is 0 Å². The molecule has 2 rings (SSSR count). The molecule has 104 valence electrons. The molecule has 19 heavy (non-hydrogen) atoms. The van der Waals surface area contributed by atoms with Crippen LogP contribution in [0.15, 0.2) is 6.33 Å². The normalized spacial score (nSPS) is 15.7. The largest absolute Gasteiger partial charge is 0.465 e. The molecule has 0 radical (unpaired) electrons. The topological polar surface area (TPSA) is 55.3 Å². The summed E-state index contributed by atoms with van der Waals surface area (Å²) in [5, 5.41) is 0. The highest BCUT2D eigenvalue weighted by Crippen LogP contribution is 2.27. The van der Waals surface area contributed by atoms with Crippen molar-refractivity contribution in [3.05, 3.63) is 17.6 Å². The molecule has 1 aliphatic rings. The first kappa shape index (κ1) is 13.8. The molecule has 1 saturated heterocycles. The Morgan fingerprint density at radius 1 is 1.26 bits per heavy atom. The maximum absolute atomic E-state index is 12.1. The average Bonchev–Trinajstić information content (AvgIpc) is 2.46. The standard InChI is InChI=1S/C14H21N3O2/c1-10(2)12-11(14(18)19-3)13(16-9-15-12)17-7-5-4-6-8-17/h9-10H,4-8H2,1-3H3. The molecule has 0 aliphatic carbocycles. The summed E-state index contributed by atoms with van der Waals surface area (Å²) in [4.78, 5) is 22.8. The number of carbonyl (C=O) groups is 1. The van der Waals surface area contributed by atoms with E-state index in [-0.39, 0.29) is 11.9 Å². The summed E-state index contributed by atoms with van der Waals surface area (Å²) < 4.78 is 4.91. The van der Waals surface area contributed by atoms with Gasteiger partial charge >= 0.3 is 5.97 Å². The fraction of sp³-hybridized carbons (Fsp3) is 0.643. The Morgan fingerprint density at radius 3 is 2.53 bits per heavy atom. The van der Waals surface area contributed by atoms with Crippen LogP contribution < -0.4 is 4.90 Å². The van der Waals surface area contributed by atoms with Crippen LogP contribution in [0.25, 0.3) is 0 Å². The Balaban J connectivity index is 2.46. The lowest BCUT2D eigenvalue weighted by Gasteiger charge is -2.29. The van der Waals surface area contributed by atoms with Crippen molar-refractivity contribution in [1.29, 1.82) is 0 Å². The monoisotopic (exact) mass is 263 g/mol. The van der Waals surface area contributed by atoms with Gasteiger partial charge in [0.15, 0.2) is 0 Å². The van der Waals surface area contributed by atoms with Crippen LogP contribution in [0.1, 0.15) is 55.1 Å². The van der Waals surface area contributed by atoms with Gasteiger partial charge in [-0.15, -0.1) is 0 Å². The number of nitrogens with zero attached hydrogens (tertiary/aromatic N) is 3. The maximum atomic E-state index is 12.1. The first-order chi connectivity index (χ1) is 9.15. The predicted octanol–water partition coefficient (Wildman–Crippen LogP) is 2.38. The van der Waals surface area contributed by atoms with E-state index >= 15 is 0 Å². The van der Waals surface area contributed by atoms with Crippen molar-refractivity contribution < 1.29 is 9.53 Å². The van der Waals surface area contributed by atoms with Crippen molar-refractivity contribution in [1.82, 2.24) is 9.97 Å². The maximum Gasteiger partial charge on any atom is 0.343 e. The van der Waals surface area contributed by atoms with E-state index in [2.05, 4.69) is 14.9 Å². The molecular formula is C14H21N3O2. The van der Waals surface area contributed by atoms with Gasteiger partial charge in [0.05, 0.1) is 12.8 Å². The lowest BCUT2D eigenvalue weighted by Crippen LogP contribution is -2.32. The molecule has 1 aromatic rings. The predicted molar refractivity (Wildman–Crippen MR) is 73.5 cm³/mol. The van der Waals surface area contributed by atoms with Gasteiger partial charge in [-0.1, -0.05) is 13.8 Å². The second-order valence-corrected chi connectivity index (χ2v) is 5.15. The minimum absolute atomic E-state index is 0.167. The molecule has 2 heterocycles. The van der Waals surface area contributed by atoms with Crippen molar-refractivity contribution in [2.24, 2.45) is 0 Å². The third-order valence-corrected chi connectivity index (χ3v) is 3.45. The Bertz CT molecular complexity index is 454. The van der Waals surface area contributed by atoms with Gasteiger partial charge in [0.1, 0.15) is 17.7 Å². The molecule has 0 aromatic carbocycles. The average molecular weight is 263 g/mol. The number of ether oxygens (including phenoxy) is 1. The van der Waals surface area contributed by atoms with E-state index in [4.69, 9.17) is 4.74 Å². The fourth-order valence-corrected chi connectivity index (χ4v) is 2.47. The molecule has 0 N–H and O–H groups in total. The first-order valence-electron chi connectivity index (χ1n) is 6.83. The van der Waals surface area contributed by atoms with E-state index in [9.17, 15) is 4.79 Å². The van der Waals surface area contributed by atoms with Crippen molar-refractivity contribution in [3.63, 3.8) is 0 Å². The highest BCUT2D eigenvalue weighted by atomic mass is 16.5. The molecule has 1 aromatic heterocycles. The minimum atomic E-state index is -0.343. The molecule has 0 atom stereocenters. The van der Waals surface area contributed by atoms with Crippen LogP contribution in [0.4, 0.5) is 5.82 Å². The van der Waals surface area contributed by atoms with Gasteiger partial charge in [0.25, 0.3) is 0 Å². The van der Waals surface area contributed by atoms with Crippen LogP contribution in [0.3, 0.4) is 0 Å². The van der Waals surface area contributed by atoms with E-state index in [0.29, 0.717) is 5.56 Å². The van der Waals surface area contributed by atoms with Crippen LogP contribution in [0, 0.1) is 0 Å². The van der Waals surface area contributed by atoms with Crippen LogP contribution in [-0.2, 0) is 4.74 Å². The summed E-state index contributed by atoms with van der Waals surface area (Å²) in [6.07, 6.45) is 5.07.